The first-order valence-corrected chi connectivity index (χ1v) is 5.87. The highest BCUT2D eigenvalue weighted by molar-refractivity contribution is 5.94. The van der Waals surface area contributed by atoms with Crippen LogP contribution in [0.2, 0.25) is 0 Å². The molecule has 1 saturated carbocycles. The molecule has 0 saturated heterocycles. The van der Waals surface area contributed by atoms with Crippen molar-refractivity contribution in [2.45, 2.75) is 38.1 Å². The van der Waals surface area contributed by atoms with Crippen LogP contribution in [0.4, 0.5) is 0 Å². The topological polar surface area (TPSA) is 35.5 Å². The molecule has 17 heavy (non-hydrogen) atoms. The Morgan fingerprint density at radius 2 is 2.00 bits per heavy atom. The van der Waals surface area contributed by atoms with Crippen molar-refractivity contribution in [1.82, 2.24) is 0 Å². The number of rotatable bonds is 4. The van der Waals surface area contributed by atoms with E-state index < -0.39 is 5.60 Å². The first kappa shape index (κ1) is 12.3. The van der Waals surface area contributed by atoms with E-state index in [-0.39, 0.29) is 18.0 Å². The van der Waals surface area contributed by atoms with Gasteiger partial charge in [0.2, 0.25) is 0 Å². The number of carbonyl (C=O) groups is 1. The van der Waals surface area contributed by atoms with E-state index in [9.17, 15) is 4.79 Å². The molecule has 3 heteroatoms. The minimum Gasteiger partial charge on any atom is -0.368 e. The second-order valence-corrected chi connectivity index (χ2v) is 4.62. The summed E-state index contributed by atoms with van der Waals surface area (Å²) in [6, 6.07) is 9.99. The maximum Gasteiger partial charge on any atom is 0.169 e. The highest BCUT2D eigenvalue weighted by Gasteiger charge is 2.53. The number of Topliss-reactive ketones (excluding diaryl/α,β-unsaturated/α-hetero) is 1. The number of benzene rings is 1. The molecule has 3 atom stereocenters. The van der Waals surface area contributed by atoms with Crippen LogP contribution < -0.4 is 0 Å². The second kappa shape index (κ2) is 4.59. The van der Waals surface area contributed by atoms with E-state index in [1.807, 2.05) is 37.3 Å². The number of ketones is 1. The van der Waals surface area contributed by atoms with Gasteiger partial charge in [0.1, 0.15) is 11.7 Å². The zero-order valence-electron chi connectivity index (χ0n) is 10.5. The normalized spacial score (nSPS) is 29.8. The fraction of sp³-hybridized carbons (Fsp3) is 0.500. The Morgan fingerprint density at radius 1 is 1.35 bits per heavy atom. The van der Waals surface area contributed by atoms with Gasteiger partial charge in [0.05, 0.1) is 6.10 Å². The molecular weight excluding hydrogens is 216 g/mol. The molecule has 0 aromatic heterocycles. The molecule has 0 unspecified atom stereocenters. The van der Waals surface area contributed by atoms with Crippen molar-refractivity contribution in [3.8, 4) is 0 Å². The molecule has 0 radical (unpaired) electrons. The fourth-order valence-corrected chi connectivity index (χ4v) is 2.09. The Balaban J connectivity index is 2.01. The van der Waals surface area contributed by atoms with E-state index in [1.165, 1.54) is 0 Å². The van der Waals surface area contributed by atoms with Crippen LogP contribution in [-0.2, 0) is 14.3 Å². The summed E-state index contributed by atoms with van der Waals surface area (Å²) in [4.78, 5) is 11.5. The third kappa shape index (κ3) is 2.13. The third-order valence-corrected chi connectivity index (χ3v) is 3.60. The maximum absolute atomic E-state index is 11.5. The Kier molecular flexibility index (Phi) is 3.31. The van der Waals surface area contributed by atoms with Crippen LogP contribution in [0.3, 0.4) is 0 Å². The molecule has 1 aliphatic rings. The summed E-state index contributed by atoms with van der Waals surface area (Å²) in [6.45, 7) is 3.79. The molecule has 3 nitrogen and oxygen atoms in total. The molecule has 0 bridgehead atoms. The van der Waals surface area contributed by atoms with Crippen molar-refractivity contribution in [2.24, 2.45) is 0 Å². The lowest BCUT2D eigenvalue weighted by atomic mass is 9.76. The van der Waals surface area contributed by atoms with Gasteiger partial charge in [-0.2, -0.15) is 0 Å². The first-order valence-electron chi connectivity index (χ1n) is 5.87. The van der Waals surface area contributed by atoms with E-state index in [1.54, 1.807) is 14.0 Å². The predicted molar refractivity (Wildman–Crippen MR) is 64.8 cm³/mol. The summed E-state index contributed by atoms with van der Waals surface area (Å²) < 4.78 is 11.2. The van der Waals surface area contributed by atoms with Gasteiger partial charge in [0.15, 0.2) is 5.78 Å². The van der Waals surface area contributed by atoms with E-state index >= 15 is 0 Å². The summed E-state index contributed by atoms with van der Waals surface area (Å²) in [7, 11) is 1.56. The largest absolute Gasteiger partial charge is 0.368 e. The van der Waals surface area contributed by atoms with Crippen molar-refractivity contribution < 1.29 is 14.3 Å². The highest BCUT2D eigenvalue weighted by Crippen LogP contribution is 2.37. The molecule has 0 amide bonds. The van der Waals surface area contributed by atoms with Crippen molar-refractivity contribution in [3.63, 3.8) is 0 Å². The van der Waals surface area contributed by atoms with Gasteiger partial charge in [-0.25, -0.2) is 0 Å². The molecule has 0 aliphatic heterocycles. The summed E-state index contributed by atoms with van der Waals surface area (Å²) in [5.41, 5.74) is 0.355. The van der Waals surface area contributed by atoms with Crippen molar-refractivity contribution in [2.75, 3.05) is 7.11 Å². The zero-order chi connectivity index (χ0) is 12.5. The number of hydrogen-bond donors (Lipinski definition) is 0. The van der Waals surface area contributed by atoms with Crippen LogP contribution in [0.15, 0.2) is 30.3 Å². The van der Waals surface area contributed by atoms with Crippen molar-refractivity contribution in [3.05, 3.63) is 35.9 Å². The molecule has 1 fully saturated rings. The predicted octanol–water partition coefficient (Wildman–Crippen LogP) is 2.51. The smallest absolute Gasteiger partial charge is 0.169 e. The van der Waals surface area contributed by atoms with Gasteiger partial charge in [-0.1, -0.05) is 30.3 Å². The van der Waals surface area contributed by atoms with Gasteiger partial charge in [0.25, 0.3) is 0 Å². The van der Waals surface area contributed by atoms with Crippen LogP contribution in [-0.4, -0.2) is 24.6 Å². The standard InChI is InChI=1S/C14H18O3/c1-10(11-7-5-4-6-8-11)17-13-9-12(15)14(13,2)16-3/h4-8,10,13H,9H2,1-3H3/t10-,13+,14+/m1/s1. The van der Waals surface area contributed by atoms with Gasteiger partial charge < -0.3 is 9.47 Å². The van der Waals surface area contributed by atoms with E-state index in [0.29, 0.717) is 6.42 Å². The first-order chi connectivity index (χ1) is 8.08. The Bertz CT molecular complexity index is 401. The molecule has 92 valence electrons. The summed E-state index contributed by atoms with van der Waals surface area (Å²) in [5, 5.41) is 0. The molecule has 1 aromatic carbocycles. The minimum absolute atomic E-state index is 0.0243. The molecule has 0 spiro atoms. The SMILES string of the molecule is CO[C@@]1(C)C(=O)C[C@@H]1O[C@H](C)c1ccccc1. The highest BCUT2D eigenvalue weighted by atomic mass is 16.6. The summed E-state index contributed by atoms with van der Waals surface area (Å²) in [5.74, 6) is 0.116. The number of methoxy groups -OCH3 is 1. The molecule has 0 heterocycles. The van der Waals surface area contributed by atoms with E-state index in [0.717, 1.165) is 5.56 Å². The van der Waals surface area contributed by atoms with Crippen molar-refractivity contribution >= 4 is 5.78 Å². The lowest BCUT2D eigenvalue weighted by Crippen LogP contribution is -2.60. The average Bonchev–Trinajstić information content (AvgIpc) is 2.38. The summed E-state index contributed by atoms with van der Waals surface area (Å²) >= 11 is 0. The minimum atomic E-state index is -0.761. The van der Waals surface area contributed by atoms with Gasteiger partial charge >= 0.3 is 0 Å². The Morgan fingerprint density at radius 3 is 2.53 bits per heavy atom. The number of ether oxygens (including phenoxy) is 2. The Labute approximate surface area is 102 Å². The number of hydrogen-bond acceptors (Lipinski definition) is 3. The molecule has 0 N–H and O–H groups in total. The van der Waals surface area contributed by atoms with E-state index in [4.69, 9.17) is 9.47 Å². The van der Waals surface area contributed by atoms with E-state index in [2.05, 4.69) is 0 Å². The molecule has 2 rings (SSSR count). The van der Waals surface area contributed by atoms with Gasteiger partial charge in [-0.3, -0.25) is 4.79 Å². The van der Waals surface area contributed by atoms with Gasteiger partial charge in [-0.05, 0) is 19.4 Å². The maximum atomic E-state index is 11.5. The Hall–Kier alpha value is -1.19. The molecule has 1 aromatic rings. The van der Waals surface area contributed by atoms with Crippen LogP contribution in [0.25, 0.3) is 0 Å². The number of carbonyl (C=O) groups excluding carboxylic acids is 1. The quantitative estimate of drug-likeness (QED) is 0.803. The van der Waals surface area contributed by atoms with Crippen LogP contribution in [0, 0.1) is 0 Å². The lowest BCUT2D eigenvalue weighted by Gasteiger charge is -2.44. The fourth-order valence-electron chi connectivity index (χ4n) is 2.09. The van der Waals surface area contributed by atoms with Crippen molar-refractivity contribution in [1.29, 1.82) is 0 Å². The van der Waals surface area contributed by atoms with Gasteiger partial charge in [0, 0.05) is 13.5 Å². The monoisotopic (exact) mass is 234 g/mol. The lowest BCUT2D eigenvalue weighted by molar-refractivity contribution is -0.197. The summed E-state index contributed by atoms with van der Waals surface area (Å²) in [6.07, 6.45) is 0.278. The van der Waals surface area contributed by atoms with Crippen LogP contribution in [0.1, 0.15) is 31.9 Å². The molecular formula is C14H18O3. The van der Waals surface area contributed by atoms with Crippen LogP contribution >= 0.6 is 0 Å². The van der Waals surface area contributed by atoms with Crippen LogP contribution in [0.5, 0.6) is 0 Å². The molecule has 1 aliphatic carbocycles. The second-order valence-electron chi connectivity index (χ2n) is 4.62. The zero-order valence-corrected chi connectivity index (χ0v) is 10.5. The average molecular weight is 234 g/mol. The third-order valence-electron chi connectivity index (χ3n) is 3.60. The van der Waals surface area contributed by atoms with Gasteiger partial charge in [-0.15, -0.1) is 0 Å².